The molecule has 70 valence electrons. The molecule has 4 heteroatoms. The normalized spacial score (nSPS) is 24.6. The summed E-state index contributed by atoms with van der Waals surface area (Å²) in [6, 6.07) is 3.77. The van der Waals surface area contributed by atoms with E-state index < -0.39 is 5.97 Å². The lowest BCUT2D eigenvalue weighted by Gasteiger charge is -1.94. The van der Waals surface area contributed by atoms with Crippen molar-refractivity contribution in [1.82, 2.24) is 4.98 Å². The molecule has 1 heterocycles. The van der Waals surface area contributed by atoms with Crippen molar-refractivity contribution in [3.63, 3.8) is 0 Å². The van der Waals surface area contributed by atoms with Crippen LogP contribution in [0.1, 0.15) is 17.9 Å². The van der Waals surface area contributed by atoms with Gasteiger partial charge in [0.15, 0.2) is 0 Å². The lowest BCUT2D eigenvalue weighted by Crippen LogP contribution is -1.98. The van der Waals surface area contributed by atoms with Crippen LogP contribution < -0.4 is 0 Å². The zero-order chi connectivity index (χ0) is 8.55. The molecule has 0 aliphatic heterocycles. The van der Waals surface area contributed by atoms with Crippen molar-refractivity contribution in [3.05, 3.63) is 30.1 Å². The molecule has 0 bridgehead atoms. The number of aliphatic carboxylic acids is 1. The van der Waals surface area contributed by atoms with E-state index in [0.717, 1.165) is 12.0 Å². The molecule has 2 atom stereocenters. The molecule has 3 nitrogen and oxygen atoms in total. The summed E-state index contributed by atoms with van der Waals surface area (Å²) >= 11 is 0. The number of pyridine rings is 1. The molecule has 0 spiro atoms. The van der Waals surface area contributed by atoms with Crippen LogP contribution in [0.4, 0.5) is 0 Å². The SMILES string of the molecule is Cl.O=C(O)[C@@H]1C[C@H]1c1cccnc1. The largest absolute Gasteiger partial charge is 0.481 e. The molecule has 1 aromatic heterocycles. The van der Waals surface area contributed by atoms with Gasteiger partial charge in [0.2, 0.25) is 0 Å². The zero-order valence-electron chi connectivity index (χ0n) is 6.88. The lowest BCUT2D eigenvalue weighted by atomic mass is 10.1. The van der Waals surface area contributed by atoms with Crippen molar-refractivity contribution in [1.29, 1.82) is 0 Å². The van der Waals surface area contributed by atoms with Crippen molar-refractivity contribution < 1.29 is 9.90 Å². The first kappa shape index (κ1) is 9.99. The Morgan fingerprint density at radius 1 is 1.62 bits per heavy atom. The molecule has 2 rings (SSSR count). The number of hydrogen-bond donors (Lipinski definition) is 1. The second kappa shape index (κ2) is 3.75. The highest BCUT2D eigenvalue weighted by Gasteiger charge is 2.44. The highest BCUT2D eigenvalue weighted by molar-refractivity contribution is 5.85. The second-order valence-corrected chi connectivity index (χ2v) is 3.07. The van der Waals surface area contributed by atoms with Crippen molar-refractivity contribution in [2.75, 3.05) is 0 Å². The Morgan fingerprint density at radius 2 is 2.38 bits per heavy atom. The van der Waals surface area contributed by atoms with Crippen molar-refractivity contribution in [2.24, 2.45) is 5.92 Å². The quantitative estimate of drug-likeness (QED) is 0.789. The predicted octanol–water partition coefficient (Wildman–Crippen LogP) is 1.69. The standard InChI is InChI=1S/C9H9NO2.ClH/c11-9(12)8-4-7(8)6-2-1-3-10-5-6;/h1-3,5,7-8H,4H2,(H,11,12);1H/t7-,8+;/m0./s1. The van der Waals surface area contributed by atoms with Gasteiger partial charge in [-0.1, -0.05) is 6.07 Å². The topological polar surface area (TPSA) is 50.2 Å². The first-order chi connectivity index (χ1) is 5.79. The third-order valence-corrected chi connectivity index (χ3v) is 2.22. The van der Waals surface area contributed by atoms with Crippen LogP contribution in [0.25, 0.3) is 0 Å². The number of carboxylic acids is 1. The van der Waals surface area contributed by atoms with Gasteiger partial charge in [0.1, 0.15) is 0 Å². The van der Waals surface area contributed by atoms with E-state index in [2.05, 4.69) is 4.98 Å². The van der Waals surface area contributed by atoms with Crippen LogP contribution in [0, 0.1) is 5.92 Å². The summed E-state index contributed by atoms with van der Waals surface area (Å²) in [4.78, 5) is 14.5. The van der Waals surface area contributed by atoms with E-state index in [1.807, 2.05) is 12.1 Å². The summed E-state index contributed by atoms with van der Waals surface area (Å²) < 4.78 is 0. The van der Waals surface area contributed by atoms with E-state index in [-0.39, 0.29) is 24.2 Å². The van der Waals surface area contributed by atoms with Gasteiger partial charge in [-0.25, -0.2) is 0 Å². The first-order valence-electron chi connectivity index (χ1n) is 3.92. The van der Waals surface area contributed by atoms with E-state index in [9.17, 15) is 4.79 Å². The summed E-state index contributed by atoms with van der Waals surface area (Å²) in [6.07, 6.45) is 4.20. The molecule has 1 N–H and O–H groups in total. The number of nitrogens with zero attached hydrogens (tertiary/aromatic N) is 1. The van der Waals surface area contributed by atoms with Gasteiger partial charge in [0, 0.05) is 12.4 Å². The summed E-state index contributed by atoms with van der Waals surface area (Å²) in [5, 5.41) is 8.66. The Balaban J connectivity index is 0.000000845. The van der Waals surface area contributed by atoms with Crippen molar-refractivity contribution in [3.8, 4) is 0 Å². The Morgan fingerprint density at radius 3 is 2.85 bits per heavy atom. The summed E-state index contributed by atoms with van der Waals surface area (Å²) in [5.41, 5.74) is 1.05. The zero-order valence-corrected chi connectivity index (χ0v) is 7.70. The van der Waals surface area contributed by atoms with Crippen LogP contribution in [0.5, 0.6) is 0 Å². The molecule has 1 aliphatic carbocycles. The maximum atomic E-state index is 10.5. The van der Waals surface area contributed by atoms with E-state index in [1.165, 1.54) is 0 Å². The Bertz CT molecular complexity index is 302. The fraction of sp³-hybridized carbons (Fsp3) is 0.333. The van der Waals surface area contributed by atoms with Crippen LogP contribution >= 0.6 is 12.4 Å². The molecule has 1 aliphatic rings. The smallest absolute Gasteiger partial charge is 0.307 e. The molecule has 1 saturated carbocycles. The minimum absolute atomic E-state index is 0. The molecule has 0 saturated heterocycles. The van der Waals surface area contributed by atoms with Gasteiger partial charge in [-0.15, -0.1) is 12.4 Å². The monoisotopic (exact) mass is 199 g/mol. The number of carboxylic acid groups (broad SMARTS) is 1. The minimum Gasteiger partial charge on any atom is -0.481 e. The molecule has 0 unspecified atom stereocenters. The van der Waals surface area contributed by atoms with Gasteiger partial charge in [0.05, 0.1) is 5.92 Å². The van der Waals surface area contributed by atoms with Gasteiger partial charge in [-0.2, -0.15) is 0 Å². The molecular formula is C9H10ClNO2. The average Bonchev–Trinajstić information content (AvgIpc) is 2.84. The third-order valence-electron chi connectivity index (χ3n) is 2.22. The van der Waals surface area contributed by atoms with E-state index in [4.69, 9.17) is 5.11 Å². The van der Waals surface area contributed by atoms with Gasteiger partial charge in [0.25, 0.3) is 0 Å². The number of aromatic nitrogens is 1. The van der Waals surface area contributed by atoms with Crippen LogP contribution in [0.15, 0.2) is 24.5 Å². The number of rotatable bonds is 2. The van der Waals surface area contributed by atoms with Gasteiger partial charge in [-0.3, -0.25) is 9.78 Å². The number of carbonyl (C=O) groups is 1. The molecule has 1 fully saturated rings. The van der Waals surface area contributed by atoms with Crippen molar-refractivity contribution >= 4 is 18.4 Å². The fourth-order valence-electron chi connectivity index (χ4n) is 1.43. The second-order valence-electron chi connectivity index (χ2n) is 3.07. The van der Waals surface area contributed by atoms with E-state index in [0.29, 0.717) is 0 Å². The first-order valence-corrected chi connectivity index (χ1v) is 3.92. The van der Waals surface area contributed by atoms with Crippen molar-refractivity contribution in [2.45, 2.75) is 12.3 Å². The van der Waals surface area contributed by atoms with Gasteiger partial charge < -0.3 is 5.11 Å². The molecular weight excluding hydrogens is 190 g/mol. The maximum absolute atomic E-state index is 10.5. The van der Waals surface area contributed by atoms with Crippen LogP contribution in [0.3, 0.4) is 0 Å². The van der Waals surface area contributed by atoms with Gasteiger partial charge in [-0.05, 0) is 24.0 Å². The summed E-state index contributed by atoms with van der Waals surface area (Å²) in [6.45, 7) is 0. The Hall–Kier alpha value is -1.09. The summed E-state index contributed by atoms with van der Waals surface area (Å²) in [5.74, 6) is -0.658. The highest BCUT2D eigenvalue weighted by atomic mass is 35.5. The highest BCUT2D eigenvalue weighted by Crippen LogP contribution is 2.47. The molecule has 0 radical (unpaired) electrons. The number of hydrogen-bond acceptors (Lipinski definition) is 2. The third kappa shape index (κ3) is 1.98. The number of halogens is 1. The summed E-state index contributed by atoms with van der Waals surface area (Å²) in [7, 11) is 0. The molecule has 13 heavy (non-hydrogen) atoms. The van der Waals surface area contributed by atoms with E-state index in [1.54, 1.807) is 12.4 Å². The van der Waals surface area contributed by atoms with Gasteiger partial charge >= 0.3 is 5.97 Å². The molecule has 0 amide bonds. The predicted molar refractivity (Wildman–Crippen MR) is 50.0 cm³/mol. The lowest BCUT2D eigenvalue weighted by molar-refractivity contribution is -0.138. The Labute approximate surface area is 82.2 Å². The minimum atomic E-state index is -0.691. The molecule has 1 aromatic rings. The fourth-order valence-corrected chi connectivity index (χ4v) is 1.43. The van der Waals surface area contributed by atoms with Crippen LogP contribution in [0.2, 0.25) is 0 Å². The maximum Gasteiger partial charge on any atom is 0.307 e. The van der Waals surface area contributed by atoms with Crippen LogP contribution in [-0.4, -0.2) is 16.1 Å². The van der Waals surface area contributed by atoms with Crippen LogP contribution in [-0.2, 0) is 4.79 Å². The average molecular weight is 200 g/mol. The molecule has 0 aromatic carbocycles. The van der Waals surface area contributed by atoms with E-state index >= 15 is 0 Å². The Kier molecular flexibility index (Phi) is 2.88.